The average Bonchev–Trinajstić information content (AvgIpc) is 3.68. The fourth-order valence-electron chi connectivity index (χ4n) is 6.97. The number of benzene rings is 1. The molecular weight excluding hydrogens is 523 g/mol. The molecule has 3 aliphatic rings. The van der Waals surface area contributed by atoms with Gasteiger partial charge in [-0.25, -0.2) is 4.98 Å². The van der Waals surface area contributed by atoms with Gasteiger partial charge in [0, 0.05) is 49.2 Å². The Kier molecular flexibility index (Phi) is 6.82. The number of nitrogens with zero attached hydrogens (tertiary/aromatic N) is 4. The lowest BCUT2D eigenvalue weighted by atomic mass is 9.79. The first-order valence-corrected chi connectivity index (χ1v) is 13.8. The molecule has 8 nitrogen and oxygen atoms in total. The summed E-state index contributed by atoms with van der Waals surface area (Å²) in [5.41, 5.74) is -0.261. The maximum Gasteiger partial charge on any atom is 0.416 e. The first kappa shape index (κ1) is 26.8. The van der Waals surface area contributed by atoms with Crippen LogP contribution < -0.4 is 5.32 Å². The number of amides is 2. The van der Waals surface area contributed by atoms with Crippen LogP contribution in [0.4, 0.5) is 13.2 Å². The number of pyridine rings is 1. The fourth-order valence-corrected chi connectivity index (χ4v) is 6.97. The molecule has 0 spiro atoms. The summed E-state index contributed by atoms with van der Waals surface area (Å²) in [4.78, 5) is 34.1. The van der Waals surface area contributed by atoms with Crippen molar-refractivity contribution in [2.45, 2.75) is 68.4 Å². The van der Waals surface area contributed by atoms with Crippen LogP contribution in [0, 0.1) is 0 Å². The largest absolute Gasteiger partial charge is 0.416 e. The lowest BCUT2D eigenvalue weighted by molar-refractivity contribution is -0.137. The second kappa shape index (κ2) is 10.2. The van der Waals surface area contributed by atoms with Crippen molar-refractivity contribution in [2.24, 2.45) is 0 Å². The Morgan fingerprint density at radius 1 is 1.02 bits per heavy atom. The highest BCUT2D eigenvalue weighted by molar-refractivity contribution is 5.96. The van der Waals surface area contributed by atoms with Crippen molar-refractivity contribution < 1.29 is 27.9 Å². The Hall–Kier alpha value is -3.44. The molecule has 3 fully saturated rings. The molecule has 40 heavy (non-hydrogen) atoms. The van der Waals surface area contributed by atoms with Gasteiger partial charge in [-0.05, 0) is 68.9 Å². The zero-order valence-corrected chi connectivity index (χ0v) is 22.0. The van der Waals surface area contributed by atoms with E-state index in [4.69, 9.17) is 0 Å². The number of alkyl halides is 3. The lowest BCUT2D eigenvalue weighted by Gasteiger charge is -2.41. The maximum atomic E-state index is 13.0. The minimum absolute atomic E-state index is 0.0541. The van der Waals surface area contributed by atoms with Crippen LogP contribution in [0.15, 0.2) is 54.9 Å². The van der Waals surface area contributed by atoms with Crippen LogP contribution in [-0.4, -0.2) is 73.9 Å². The van der Waals surface area contributed by atoms with E-state index in [0.29, 0.717) is 25.4 Å². The van der Waals surface area contributed by atoms with Gasteiger partial charge in [-0.3, -0.25) is 14.5 Å². The molecule has 1 saturated carbocycles. The van der Waals surface area contributed by atoms with Gasteiger partial charge >= 0.3 is 6.18 Å². The number of likely N-dealkylation sites (tertiary alicyclic amines) is 2. The number of hydrogen-bond acceptors (Lipinski definition) is 5. The molecule has 2 saturated heterocycles. The number of carbonyl (C=O) groups is 2. The van der Waals surface area contributed by atoms with Crippen molar-refractivity contribution in [1.29, 1.82) is 0 Å². The monoisotopic (exact) mass is 555 g/mol. The molecule has 11 heteroatoms. The van der Waals surface area contributed by atoms with Crippen LogP contribution in [0.5, 0.6) is 0 Å². The second-order valence-electron chi connectivity index (χ2n) is 11.1. The summed E-state index contributed by atoms with van der Waals surface area (Å²) in [5, 5.41) is 14.1. The number of hydrogen-bond donors (Lipinski definition) is 2. The number of fused-ring (bicyclic) bond motifs is 2. The predicted octanol–water partition coefficient (Wildman–Crippen LogP) is 3.59. The van der Waals surface area contributed by atoms with E-state index in [1.807, 2.05) is 33.7 Å². The third-order valence-corrected chi connectivity index (χ3v) is 8.95. The molecule has 2 aliphatic heterocycles. The molecule has 3 aromatic rings. The van der Waals surface area contributed by atoms with Gasteiger partial charge in [0.1, 0.15) is 11.2 Å². The zero-order valence-electron chi connectivity index (χ0n) is 22.0. The first-order chi connectivity index (χ1) is 19.1. The third-order valence-electron chi connectivity index (χ3n) is 8.95. The summed E-state index contributed by atoms with van der Waals surface area (Å²) in [6, 6.07) is 10.6. The minimum Gasteiger partial charge on any atom is -0.384 e. The number of aromatic nitrogens is 2. The molecular formula is C29H32F3N5O3. The molecule has 0 radical (unpaired) electrons. The van der Waals surface area contributed by atoms with Gasteiger partial charge in [-0.1, -0.05) is 12.1 Å². The minimum atomic E-state index is -4.55. The standard InChI is InChI=1S/C29H32F3N5O3/c30-29(31,32)20-4-1-3-19(17-20)27(39)34-18-26(38)36-15-10-22-23(36)9-14-35(22)21-7-11-28(40,12-8-21)24-5-2-6-25-33-13-16-37(24)25/h1-6,13,16-17,21-23,40H,7-12,14-15,18H2,(H,34,39)/t21?,22-,23-,28?/m0/s1. The van der Waals surface area contributed by atoms with Gasteiger partial charge in [0.15, 0.2) is 0 Å². The molecule has 6 rings (SSSR count). The zero-order chi connectivity index (χ0) is 28.1. The Balaban J connectivity index is 1.04. The number of rotatable bonds is 5. The van der Waals surface area contributed by atoms with Gasteiger partial charge in [0.05, 0.1) is 17.8 Å². The van der Waals surface area contributed by atoms with E-state index in [-0.39, 0.29) is 30.1 Å². The molecule has 2 aromatic heterocycles. The third kappa shape index (κ3) is 4.85. The summed E-state index contributed by atoms with van der Waals surface area (Å²) in [6.07, 6.45) is 3.75. The second-order valence-corrected chi connectivity index (χ2v) is 11.1. The van der Waals surface area contributed by atoms with Crippen LogP contribution in [0.2, 0.25) is 0 Å². The number of aliphatic hydroxyl groups is 1. The molecule has 4 heterocycles. The van der Waals surface area contributed by atoms with E-state index < -0.39 is 23.2 Å². The van der Waals surface area contributed by atoms with Crippen LogP contribution >= 0.6 is 0 Å². The van der Waals surface area contributed by atoms with Crippen LogP contribution in [0.25, 0.3) is 5.65 Å². The SMILES string of the molecule is O=C(NCC(=O)N1CC[C@H]2[C@@H]1CCN2C1CCC(O)(c2cccc3nccn23)CC1)c1cccc(C(F)(F)F)c1. The molecule has 212 valence electrons. The maximum absolute atomic E-state index is 13.0. The van der Waals surface area contributed by atoms with Gasteiger partial charge in [0.25, 0.3) is 5.91 Å². The average molecular weight is 556 g/mol. The van der Waals surface area contributed by atoms with E-state index in [2.05, 4.69) is 15.2 Å². The van der Waals surface area contributed by atoms with Crippen molar-refractivity contribution in [3.05, 3.63) is 71.7 Å². The van der Waals surface area contributed by atoms with Gasteiger partial charge in [-0.15, -0.1) is 0 Å². The topological polar surface area (TPSA) is 90.2 Å². The summed E-state index contributed by atoms with van der Waals surface area (Å²) in [6.45, 7) is 1.20. The van der Waals surface area contributed by atoms with E-state index >= 15 is 0 Å². The van der Waals surface area contributed by atoms with Crippen molar-refractivity contribution in [1.82, 2.24) is 24.5 Å². The molecule has 2 atom stereocenters. The van der Waals surface area contributed by atoms with Crippen molar-refractivity contribution >= 4 is 17.5 Å². The molecule has 0 bridgehead atoms. The normalized spacial score (nSPS) is 27.2. The predicted molar refractivity (Wildman–Crippen MR) is 140 cm³/mol. The van der Waals surface area contributed by atoms with Crippen LogP contribution in [0.3, 0.4) is 0 Å². The first-order valence-electron chi connectivity index (χ1n) is 13.8. The Morgan fingerprint density at radius 3 is 2.55 bits per heavy atom. The van der Waals surface area contributed by atoms with E-state index in [0.717, 1.165) is 55.7 Å². The van der Waals surface area contributed by atoms with Crippen molar-refractivity contribution in [3.8, 4) is 0 Å². The van der Waals surface area contributed by atoms with Crippen LogP contribution in [0.1, 0.15) is 60.1 Å². The number of nitrogens with one attached hydrogen (secondary N) is 1. The number of imidazole rings is 1. The van der Waals surface area contributed by atoms with E-state index in [1.54, 1.807) is 6.20 Å². The lowest BCUT2D eigenvalue weighted by Crippen LogP contribution is -2.47. The summed E-state index contributed by atoms with van der Waals surface area (Å²) >= 11 is 0. The van der Waals surface area contributed by atoms with Gasteiger partial charge < -0.3 is 19.7 Å². The Bertz CT molecular complexity index is 1420. The van der Waals surface area contributed by atoms with Crippen molar-refractivity contribution in [2.75, 3.05) is 19.6 Å². The molecule has 0 unspecified atom stereocenters. The van der Waals surface area contributed by atoms with Crippen LogP contribution in [-0.2, 0) is 16.6 Å². The number of carbonyl (C=O) groups excluding carboxylic acids is 2. The highest BCUT2D eigenvalue weighted by Crippen LogP contribution is 2.42. The van der Waals surface area contributed by atoms with E-state index in [1.165, 1.54) is 12.1 Å². The molecule has 1 aliphatic carbocycles. The van der Waals surface area contributed by atoms with E-state index in [9.17, 15) is 27.9 Å². The number of halogens is 3. The summed E-state index contributed by atoms with van der Waals surface area (Å²) < 4.78 is 40.9. The summed E-state index contributed by atoms with van der Waals surface area (Å²) in [5.74, 6) is -0.926. The molecule has 2 amide bonds. The fraction of sp³-hybridized carbons (Fsp3) is 0.483. The van der Waals surface area contributed by atoms with Crippen molar-refractivity contribution in [3.63, 3.8) is 0 Å². The highest BCUT2D eigenvalue weighted by Gasteiger charge is 2.48. The molecule has 1 aromatic carbocycles. The molecule has 2 N–H and O–H groups in total. The quantitative estimate of drug-likeness (QED) is 0.503. The smallest absolute Gasteiger partial charge is 0.384 e. The highest BCUT2D eigenvalue weighted by atomic mass is 19.4. The Morgan fingerprint density at radius 2 is 1.77 bits per heavy atom. The summed E-state index contributed by atoms with van der Waals surface area (Å²) in [7, 11) is 0. The van der Waals surface area contributed by atoms with Gasteiger partial charge in [0.2, 0.25) is 5.91 Å². The van der Waals surface area contributed by atoms with Gasteiger partial charge in [-0.2, -0.15) is 13.2 Å². The Labute approximate surface area is 229 Å².